The molecule has 35 heavy (non-hydrogen) atoms. The summed E-state index contributed by atoms with van der Waals surface area (Å²) in [5.41, 5.74) is 2.80. The van der Waals surface area contributed by atoms with Gasteiger partial charge in [0.25, 0.3) is 0 Å². The van der Waals surface area contributed by atoms with Crippen LogP contribution in [0, 0.1) is 11.8 Å². The maximum absolute atomic E-state index is 12.8. The van der Waals surface area contributed by atoms with Gasteiger partial charge in [0, 0.05) is 12.5 Å². The number of hydrogen-bond acceptors (Lipinski definition) is 5. The van der Waals surface area contributed by atoms with Crippen molar-refractivity contribution in [3.63, 3.8) is 0 Å². The zero-order chi connectivity index (χ0) is 24.3. The molecule has 6 nitrogen and oxygen atoms in total. The lowest BCUT2D eigenvalue weighted by atomic mass is 9.92. The normalized spacial score (nSPS) is 24.3. The van der Waals surface area contributed by atoms with Gasteiger partial charge in [-0.1, -0.05) is 36.4 Å². The molecule has 6 rings (SSSR count). The highest BCUT2D eigenvalue weighted by atomic mass is 16.6. The van der Waals surface area contributed by atoms with Gasteiger partial charge < -0.3 is 24.4 Å². The van der Waals surface area contributed by atoms with Crippen molar-refractivity contribution in [3.05, 3.63) is 54.1 Å². The third kappa shape index (κ3) is 5.99. The summed E-state index contributed by atoms with van der Waals surface area (Å²) >= 11 is 0. The number of benzene rings is 2. The van der Waals surface area contributed by atoms with Crippen LogP contribution in [-0.4, -0.2) is 56.6 Å². The second kappa shape index (κ2) is 10.6. The van der Waals surface area contributed by atoms with Gasteiger partial charge in [-0.05, 0) is 87.4 Å². The number of piperidine rings is 1. The molecule has 4 aliphatic heterocycles. The van der Waals surface area contributed by atoms with Gasteiger partial charge in [-0.15, -0.1) is 0 Å². The summed E-state index contributed by atoms with van der Waals surface area (Å²) < 4.78 is 17.0. The number of amides is 1. The first kappa shape index (κ1) is 24.1. The summed E-state index contributed by atoms with van der Waals surface area (Å²) in [6.45, 7) is 9.81. The lowest BCUT2D eigenvalue weighted by Gasteiger charge is -2.31. The Morgan fingerprint density at radius 3 is 2.23 bits per heavy atom. The van der Waals surface area contributed by atoms with Crippen molar-refractivity contribution < 1.29 is 19.0 Å². The summed E-state index contributed by atoms with van der Waals surface area (Å²) in [6.07, 6.45) is 3.95. The molecule has 0 radical (unpaired) electrons. The Morgan fingerprint density at radius 2 is 1.60 bits per heavy atom. The van der Waals surface area contributed by atoms with E-state index in [9.17, 15) is 4.79 Å². The maximum atomic E-state index is 12.8. The molecule has 2 aromatic carbocycles. The van der Waals surface area contributed by atoms with E-state index in [1.54, 1.807) is 0 Å². The molecule has 1 amide bonds. The fourth-order valence-corrected chi connectivity index (χ4v) is 5.36. The van der Waals surface area contributed by atoms with E-state index in [2.05, 4.69) is 46.6 Å². The van der Waals surface area contributed by atoms with Gasteiger partial charge >= 0.3 is 6.09 Å². The molecule has 1 N–H and O–H groups in total. The smallest absolute Gasteiger partial charge is 0.408 e. The van der Waals surface area contributed by atoms with E-state index in [4.69, 9.17) is 14.2 Å². The maximum Gasteiger partial charge on any atom is 0.408 e. The molecule has 0 aromatic heterocycles. The zero-order valence-electron chi connectivity index (χ0n) is 21.0. The highest BCUT2D eigenvalue weighted by Gasteiger charge is 2.34. The van der Waals surface area contributed by atoms with Crippen molar-refractivity contribution in [2.45, 2.75) is 51.2 Å². The van der Waals surface area contributed by atoms with E-state index in [1.165, 1.54) is 0 Å². The van der Waals surface area contributed by atoms with Crippen molar-refractivity contribution in [2.75, 3.05) is 39.5 Å². The molecule has 188 valence electrons. The molecule has 6 heteroatoms. The van der Waals surface area contributed by atoms with Crippen LogP contribution in [0.3, 0.4) is 0 Å². The Morgan fingerprint density at radius 1 is 0.971 bits per heavy atom. The van der Waals surface area contributed by atoms with Crippen molar-refractivity contribution in [1.29, 1.82) is 0 Å². The first-order valence-electron chi connectivity index (χ1n) is 13.1. The third-order valence-electron chi connectivity index (χ3n) is 7.86. The van der Waals surface area contributed by atoms with Crippen LogP contribution in [-0.2, 0) is 15.0 Å². The molecule has 4 saturated heterocycles. The van der Waals surface area contributed by atoms with Crippen LogP contribution in [0.2, 0.25) is 0 Å². The minimum absolute atomic E-state index is 0.0276. The molecule has 4 fully saturated rings. The van der Waals surface area contributed by atoms with Gasteiger partial charge in [-0.2, -0.15) is 0 Å². The van der Waals surface area contributed by atoms with Crippen molar-refractivity contribution in [3.8, 4) is 16.9 Å². The van der Waals surface area contributed by atoms with Crippen LogP contribution in [0.5, 0.6) is 5.75 Å². The summed E-state index contributed by atoms with van der Waals surface area (Å²) in [7, 11) is 0. The highest BCUT2D eigenvalue weighted by molar-refractivity contribution is 5.69. The Balaban J connectivity index is 1.14. The first-order valence-corrected chi connectivity index (χ1v) is 13.1. The molecule has 4 aliphatic rings. The van der Waals surface area contributed by atoms with Gasteiger partial charge in [0.1, 0.15) is 11.9 Å². The summed E-state index contributed by atoms with van der Waals surface area (Å²) in [5, 5.41) is 3.10. The number of rotatable bonds is 8. The average molecular weight is 479 g/mol. The Labute approximate surface area is 208 Å². The molecule has 0 aliphatic carbocycles. The number of carbonyl (C=O) groups excluding carboxylic acids is 1. The van der Waals surface area contributed by atoms with Crippen molar-refractivity contribution >= 4 is 6.09 Å². The standard InChI is InChI=1S/C29H38N2O4/c1-29(2,30-28(32)35-27-13-17-31-15-11-24(27)12-16-31)25-7-3-22(4-8-25)23-5-9-26(10-6-23)34-18-14-21-19-33-20-21/h3-10,21,24,27H,11-20H2,1-2H3,(H,30,32). The molecule has 1 atom stereocenters. The van der Waals surface area contributed by atoms with Crippen LogP contribution < -0.4 is 10.1 Å². The number of fused-ring (bicyclic) bond motifs is 4. The van der Waals surface area contributed by atoms with Gasteiger partial charge in [-0.3, -0.25) is 0 Å². The molecular weight excluding hydrogens is 440 g/mol. The van der Waals surface area contributed by atoms with E-state index in [-0.39, 0.29) is 12.2 Å². The van der Waals surface area contributed by atoms with E-state index in [0.717, 1.165) is 87.6 Å². The van der Waals surface area contributed by atoms with Gasteiger partial charge in [-0.25, -0.2) is 4.79 Å². The van der Waals surface area contributed by atoms with Crippen LogP contribution in [0.25, 0.3) is 11.1 Å². The second-order valence-electron chi connectivity index (χ2n) is 10.8. The van der Waals surface area contributed by atoms with Crippen LogP contribution in [0.15, 0.2) is 48.5 Å². The highest BCUT2D eigenvalue weighted by Crippen LogP contribution is 2.30. The zero-order valence-corrected chi connectivity index (χ0v) is 21.0. The SMILES string of the molecule is CC(C)(NC(=O)OC1CCN2CCC1CC2)c1ccc(-c2ccc(OCCC3COC3)cc2)cc1. The largest absolute Gasteiger partial charge is 0.494 e. The lowest BCUT2D eigenvalue weighted by Crippen LogP contribution is -2.43. The number of carbonyl (C=O) groups is 1. The minimum Gasteiger partial charge on any atom is -0.494 e. The summed E-state index contributed by atoms with van der Waals surface area (Å²) in [5.74, 6) is 2.04. The Bertz CT molecular complexity index is 977. The second-order valence-corrected chi connectivity index (χ2v) is 10.8. The lowest BCUT2D eigenvalue weighted by molar-refractivity contribution is -0.0401. The van der Waals surface area contributed by atoms with Crippen LogP contribution in [0.4, 0.5) is 4.79 Å². The van der Waals surface area contributed by atoms with Gasteiger partial charge in [0.05, 0.1) is 25.4 Å². The number of nitrogens with one attached hydrogen (secondary N) is 1. The molecule has 1 unspecified atom stereocenters. The fourth-order valence-electron chi connectivity index (χ4n) is 5.36. The number of nitrogens with zero attached hydrogens (tertiary/aromatic N) is 1. The van der Waals surface area contributed by atoms with E-state index in [0.29, 0.717) is 11.8 Å². The predicted octanol–water partition coefficient (Wildman–Crippen LogP) is 5.21. The minimum atomic E-state index is -0.523. The molecule has 0 saturated carbocycles. The van der Waals surface area contributed by atoms with E-state index in [1.807, 2.05) is 26.0 Å². The number of alkyl carbamates (subject to hydrolysis) is 1. The van der Waals surface area contributed by atoms with Gasteiger partial charge in [0.2, 0.25) is 0 Å². The molecule has 0 spiro atoms. The van der Waals surface area contributed by atoms with Gasteiger partial charge in [0.15, 0.2) is 0 Å². The Kier molecular flexibility index (Phi) is 7.30. The number of hydrogen-bond donors (Lipinski definition) is 1. The topological polar surface area (TPSA) is 60.0 Å². The predicted molar refractivity (Wildman–Crippen MR) is 137 cm³/mol. The van der Waals surface area contributed by atoms with E-state index >= 15 is 0 Å². The van der Waals surface area contributed by atoms with Crippen LogP contribution >= 0.6 is 0 Å². The van der Waals surface area contributed by atoms with Crippen LogP contribution in [0.1, 0.15) is 45.1 Å². The molecule has 2 aromatic rings. The third-order valence-corrected chi connectivity index (χ3v) is 7.86. The monoisotopic (exact) mass is 478 g/mol. The average Bonchev–Trinajstić information content (AvgIpc) is 3.14. The van der Waals surface area contributed by atoms with Crippen molar-refractivity contribution in [1.82, 2.24) is 10.2 Å². The Hall–Kier alpha value is -2.57. The summed E-state index contributed by atoms with van der Waals surface area (Å²) in [6, 6.07) is 16.6. The molecule has 2 bridgehead atoms. The fraction of sp³-hybridized carbons (Fsp3) is 0.552. The van der Waals surface area contributed by atoms with E-state index < -0.39 is 5.54 Å². The summed E-state index contributed by atoms with van der Waals surface area (Å²) in [4.78, 5) is 15.3. The van der Waals surface area contributed by atoms with Crippen molar-refractivity contribution in [2.24, 2.45) is 11.8 Å². The molecule has 4 heterocycles. The quantitative estimate of drug-likeness (QED) is 0.564. The first-order chi connectivity index (χ1) is 17.0. The molecular formula is C29H38N2O4. The number of ether oxygens (including phenoxy) is 3.